The Balaban J connectivity index is 2.17. The van der Waals surface area contributed by atoms with E-state index in [0.29, 0.717) is 24.1 Å². The number of anilines is 1. The molecule has 5 nitrogen and oxygen atoms in total. The van der Waals surface area contributed by atoms with Crippen LogP contribution in [0.3, 0.4) is 0 Å². The number of imide groups is 1. The molecule has 0 radical (unpaired) electrons. The zero-order valence-corrected chi connectivity index (χ0v) is 11.0. The number of benzene rings is 1. The summed E-state index contributed by atoms with van der Waals surface area (Å²) in [7, 11) is 0. The second-order valence-corrected chi connectivity index (χ2v) is 4.87. The zero-order valence-electron chi connectivity index (χ0n) is 9.37. The fraction of sp³-hybridized carbons (Fsp3) is 0.250. The summed E-state index contributed by atoms with van der Waals surface area (Å²) in [6.45, 7) is 0. The van der Waals surface area contributed by atoms with Crippen LogP contribution in [0.2, 0.25) is 0 Å². The first-order valence-corrected chi connectivity index (χ1v) is 6.19. The van der Waals surface area contributed by atoms with Crippen LogP contribution in [0.5, 0.6) is 0 Å². The molecule has 0 aliphatic carbocycles. The Morgan fingerprint density at radius 3 is 2.89 bits per heavy atom. The predicted molar refractivity (Wildman–Crippen MR) is 68.7 cm³/mol. The summed E-state index contributed by atoms with van der Waals surface area (Å²) in [6.07, 6.45) is 0.743. The Morgan fingerprint density at radius 1 is 1.44 bits per heavy atom. The highest BCUT2D eigenvalue weighted by Crippen LogP contribution is 2.22. The van der Waals surface area contributed by atoms with Gasteiger partial charge in [-0.05, 0) is 24.6 Å². The molecule has 2 N–H and O–H groups in total. The Bertz CT molecular complexity index is 551. The van der Waals surface area contributed by atoms with Crippen LogP contribution in [0.25, 0.3) is 0 Å². The zero-order chi connectivity index (χ0) is 13.1. The molecular weight excluding hydrogens is 298 g/mol. The first kappa shape index (κ1) is 12.6. The Hall–Kier alpha value is -1.87. The van der Waals surface area contributed by atoms with Crippen molar-refractivity contribution in [1.29, 1.82) is 5.26 Å². The van der Waals surface area contributed by atoms with Gasteiger partial charge < -0.3 is 5.32 Å². The third-order valence-corrected chi connectivity index (χ3v) is 3.16. The maximum absolute atomic E-state index is 11.6. The van der Waals surface area contributed by atoms with Gasteiger partial charge in [0.2, 0.25) is 11.8 Å². The van der Waals surface area contributed by atoms with Crippen molar-refractivity contribution in [3.05, 3.63) is 28.2 Å². The molecule has 0 spiro atoms. The number of hydrogen-bond donors (Lipinski definition) is 2. The number of nitrogens with zero attached hydrogens (tertiary/aromatic N) is 1. The standard InChI is InChI=1S/C12H10BrN3O2/c13-8-1-2-9(7(5-8)6-14)15-10-3-4-11(17)16-12(10)18/h1-2,5,10,15H,3-4H2,(H,16,17,18). The van der Waals surface area contributed by atoms with Crippen molar-refractivity contribution < 1.29 is 9.59 Å². The minimum Gasteiger partial charge on any atom is -0.373 e. The quantitative estimate of drug-likeness (QED) is 0.812. The van der Waals surface area contributed by atoms with Crippen LogP contribution < -0.4 is 10.6 Å². The molecule has 2 rings (SSSR count). The first-order chi connectivity index (χ1) is 8.60. The maximum atomic E-state index is 11.6. The number of rotatable bonds is 2. The molecule has 1 fully saturated rings. The van der Waals surface area contributed by atoms with Crippen LogP contribution in [0.15, 0.2) is 22.7 Å². The van der Waals surface area contributed by atoms with Crippen molar-refractivity contribution in [2.45, 2.75) is 18.9 Å². The molecule has 0 bridgehead atoms. The number of carbonyl (C=O) groups excluding carboxylic acids is 2. The fourth-order valence-corrected chi connectivity index (χ4v) is 2.11. The van der Waals surface area contributed by atoms with Gasteiger partial charge in [-0.2, -0.15) is 5.26 Å². The van der Waals surface area contributed by atoms with Gasteiger partial charge in [0, 0.05) is 10.9 Å². The highest BCUT2D eigenvalue weighted by molar-refractivity contribution is 9.10. The van der Waals surface area contributed by atoms with Gasteiger partial charge in [-0.1, -0.05) is 15.9 Å². The fourth-order valence-electron chi connectivity index (χ4n) is 1.75. The monoisotopic (exact) mass is 307 g/mol. The number of amides is 2. The van der Waals surface area contributed by atoms with E-state index in [0.717, 1.165) is 4.47 Å². The topological polar surface area (TPSA) is 82.0 Å². The number of nitrogens with one attached hydrogen (secondary N) is 2. The maximum Gasteiger partial charge on any atom is 0.249 e. The summed E-state index contributed by atoms with van der Waals surface area (Å²) in [5.41, 5.74) is 1.05. The third-order valence-electron chi connectivity index (χ3n) is 2.67. The van der Waals surface area contributed by atoms with E-state index in [2.05, 4.69) is 32.6 Å². The third kappa shape index (κ3) is 2.68. The SMILES string of the molecule is N#Cc1cc(Br)ccc1NC1CCC(=O)NC1=O. The largest absolute Gasteiger partial charge is 0.373 e. The van der Waals surface area contributed by atoms with E-state index < -0.39 is 6.04 Å². The van der Waals surface area contributed by atoms with Crippen molar-refractivity contribution in [3.63, 3.8) is 0 Å². The summed E-state index contributed by atoms with van der Waals surface area (Å²) >= 11 is 3.28. The van der Waals surface area contributed by atoms with E-state index in [9.17, 15) is 9.59 Å². The number of carbonyl (C=O) groups is 2. The van der Waals surface area contributed by atoms with Gasteiger partial charge in [0.05, 0.1) is 11.3 Å². The molecule has 1 saturated heterocycles. The van der Waals surface area contributed by atoms with E-state index in [1.54, 1.807) is 18.2 Å². The van der Waals surface area contributed by atoms with E-state index in [-0.39, 0.29) is 11.8 Å². The summed E-state index contributed by atoms with van der Waals surface area (Å²) in [5.74, 6) is -0.604. The molecule has 92 valence electrons. The smallest absolute Gasteiger partial charge is 0.249 e. The molecular formula is C12H10BrN3O2. The van der Waals surface area contributed by atoms with Gasteiger partial charge in [-0.25, -0.2) is 0 Å². The lowest BCUT2D eigenvalue weighted by atomic mass is 10.0. The molecule has 1 heterocycles. The Kier molecular flexibility index (Phi) is 3.63. The van der Waals surface area contributed by atoms with E-state index in [1.807, 2.05) is 0 Å². The summed E-state index contributed by atoms with van der Waals surface area (Å²) in [6, 6.07) is 6.77. The van der Waals surface area contributed by atoms with Crippen LogP contribution >= 0.6 is 15.9 Å². The molecule has 1 atom stereocenters. The van der Waals surface area contributed by atoms with Crippen molar-refractivity contribution in [1.82, 2.24) is 5.32 Å². The number of hydrogen-bond acceptors (Lipinski definition) is 4. The van der Waals surface area contributed by atoms with Gasteiger partial charge in [0.15, 0.2) is 0 Å². The molecule has 0 aromatic heterocycles. The summed E-state index contributed by atoms with van der Waals surface area (Å²) in [5, 5.41) is 14.3. The lowest BCUT2D eigenvalue weighted by molar-refractivity contribution is -0.133. The van der Waals surface area contributed by atoms with E-state index in [1.165, 1.54) is 0 Å². The highest BCUT2D eigenvalue weighted by Gasteiger charge is 2.26. The van der Waals surface area contributed by atoms with E-state index >= 15 is 0 Å². The van der Waals surface area contributed by atoms with Crippen LogP contribution in [0.4, 0.5) is 5.69 Å². The van der Waals surface area contributed by atoms with Crippen LogP contribution in [-0.4, -0.2) is 17.9 Å². The molecule has 18 heavy (non-hydrogen) atoms. The van der Waals surface area contributed by atoms with Crippen LogP contribution in [0, 0.1) is 11.3 Å². The minimum atomic E-state index is -0.476. The van der Waals surface area contributed by atoms with Crippen LogP contribution in [0.1, 0.15) is 18.4 Å². The molecule has 1 aromatic rings. The number of nitriles is 1. The van der Waals surface area contributed by atoms with Crippen molar-refractivity contribution in [2.75, 3.05) is 5.32 Å². The van der Waals surface area contributed by atoms with Gasteiger partial charge >= 0.3 is 0 Å². The summed E-state index contributed by atoms with van der Waals surface area (Å²) in [4.78, 5) is 22.6. The lowest BCUT2D eigenvalue weighted by Gasteiger charge is -2.23. The lowest BCUT2D eigenvalue weighted by Crippen LogP contribution is -2.47. The molecule has 1 aliphatic rings. The minimum absolute atomic E-state index is 0.255. The average Bonchev–Trinajstić information content (AvgIpc) is 2.34. The number of piperidine rings is 1. The van der Waals surface area contributed by atoms with Crippen molar-refractivity contribution >= 4 is 33.4 Å². The first-order valence-electron chi connectivity index (χ1n) is 5.40. The predicted octanol–water partition coefficient (Wildman–Crippen LogP) is 1.54. The molecule has 2 amide bonds. The molecule has 1 unspecified atom stereocenters. The molecule has 0 saturated carbocycles. The van der Waals surface area contributed by atoms with Crippen LogP contribution in [-0.2, 0) is 9.59 Å². The van der Waals surface area contributed by atoms with Gasteiger partial charge in [-0.15, -0.1) is 0 Å². The second kappa shape index (κ2) is 5.19. The molecule has 1 aliphatic heterocycles. The normalized spacial score (nSPS) is 19.0. The molecule has 1 aromatic carbocycles. The average molecular weight is 308 g/mol. The Labute approximate surface area is 112 Å². The summed E-state index contributed by atoms with van der Waals surface area (Å²) < 4.78 is 0.799. The number of halogens is 1. The van der Waals surface area contributed by atoms with Gasteiger partial charge in [-0.3, -0.25) is 14.9 Å². The highest BCUT2D eigenvalue weighted by atomic mass is 79.9. The van der Waals surface area contributed by atoms with Crippen molar-refractivity contribution in [3.8, 4) is 6.07 Å². The second-order valence-electron chi connectivity index (χ2n) is 3.95. The van der Waals surface area contributed by atoms with Gasteiger partial charge in [0.25, 0.3) is 0 Å². The van der Waals surface area contributed by atoms with E-state index in [4.69, 9.17) is 5.26 Å². The van der Waals surface area contributed by atoms with Gasteiger partial charge in [0.1, 0.15) is 12.1 Å². The Morgan fingerprint density at radius 2 is 2.22 bits per heavy atom. The van der Waals surface area contributed by atoms with Crippen molar-refractivity contribution in [2.24, 2.45) is 0 Å². The molecule has 6 heteroatoms.